The highest BCUT2D eigenvalue weighted by Gasteiger charge is 2.23. The molecule has 0 radical (unpaired) electrons. The Morgan fingerprint density at radius 1 is 1.13 bits per heavy atom. The van der Waals surface area contributed by atoms with Crippen molar-refractivity contribution in [1.82, 2.24) is 14.4 Å². The predicted octanol–water partition coefficient (Wildman–Crippen LogP) is 4.77. The molecule has 0 fully saturated rings. The number of nitrogens with one attached hydrogen (secondary N) is 1. The average molecular weight is 417 g/mol. The van der Waals surface area contributed by atoms with Gasteiger partial charge in [-0.3, -0.25) is 4.40 Å². The summed E-state index contributed by atoms with van der Waals surface area (Å²) in [5, 5.41) is 13.0. The number of hydrogen-bond donors (Lipinski definition) is 2. The molecule has 2 N–H and O–H groups in total. The molecule has 0 spiro atoms. The standard InChI is InChI=1S/C23H20N4O2S/c1-23(2,3)26-21-18(25-20-19(22(28)29)24-13-14-27(20)21)17-12-11-16(30-17)10-9-15-7-5-4-6-8-15/h4-8,11-14,26H,1-3H3,(H,28,29). The Labute approximate surface area is 178 Å². The van der Waals surface area contributed by atoms with Crippen LogP contribution in [-0.4, -0.2) is 31.0 Å². The highest BCUT2D eigenvalue weighted by Crippen LogP contribution is 2.35. The number of aromatic carboxylic acids is 1. The Morgan fingerprint density at radius 2 is 1.90 bits per heavy atom. The number of carbonyl (C=O) groups is 1. The predicted molar refractivity (Wildman–Crippen MR) is 119 cm³/mol. The molecule has 0 aliphatic carbocycles. The molecule has 30 heavy (non-hydrogen) atoms. The van der Waals surface area contributed by atoms with Gasteiger partial charge in [0, 0.05) is 23.5 Å². The van der Waals surface area contributed by atoms with Crippen LogP contribution in [0.5, 0.6) is 0 Å². The highest BCUT2D eigenvalue weighted by molar-refractivity contribution is 7.16. The molecule has 0 aliphatic heterocycles. The number of nitrogens with zero attached hydrogens (tertiary/aromatic N) is 3. The number of thiophene rings is 1. The maximum absolute atomic E-state index is 11.6. The number of fused-ring (bicyclic) bond motifs is 1. The molecule has 0 bridgehead atoms. The quantitative estimate of drug-likeness (QED) is 0.471. The van der Waals surface area contributed by atoms with Crippen molar-refractivity contribution in [3.63, 3.8) is 0 Å². The monoisotopic (exact) mass is 416 g/mol. The molecule has 0 saturated heterocycles. The normalized spacial score (nSPS) is 11.2. The summed E-state index contributed by atoms with van der Waals surface area (Å²) in [5.74, 6) is 5.97. The molecule has 3 heterocycles. The number of carboxylic acid groups (broad SMARTS) is 1. The van der Waals surface area contributed by atoms with Crippen molar-refractivity contribution < 1.29 is 9.90 Å². The number of benzene rings is 1. The van der Waals surface area contributed by atoms with Crippen LogP contribution in [0.1, 0.15) is 41.7 Å². The van der Waals surface area contributed by atoms with Gasteiger partial charge in [0.05, 0.1) is 9.75 Å². The molecule has 4 rings (SSSR count). The van der Waals surface area contributed by atoms with Gasteiger partial charge in [-0.15, -0.1) is 11.3 Å². The molecule has 0 atom stereocenters. The third-order valence-electron chi connectivity index (χ3n) is 4.18. The first kappa shape index (κ1) is 19.7. The lowest BCUT2D eigenvalue weighted by Gasteiger charge is -2.22. The molecule has 3 aromatic heterocycles. The zero-order valence-corrected chi connectivity index (χ0v) is 17.6. The summed E-state index contributed by atoms with van der Waals surface area (Å²) in [5.41, 5.74) is 1.61. The second-order valence-corrected chi connectivity index (χ2v) is 8.82. The van der Waals surface area contributed by atoms with Gasteiger partial charge in [-0.2, -0.15) is 0 Å². The first-order valence-electron chi connectivity index (χ1n) is 9.38. The van der Waals surface area contributed by atoms with Gasteiger partial charge in [-0.05, 0) is 45.0 Å². The summed E-state index contributed by atoms with van der Waals surface area (Å²) in [6, 6.07) is 13.7. The summed E-state index contributed by atoms with van der Waals surface area (Å²) >= 11 is 1.52. The highest BCUT2D eigenvalue weighted by atomic mass is 32.1. The van der Waals surface area contributed by atoms with Gasteiger partial charge in [-0.1, -0.05) is 30.0 Å². The van der Waals surface area contributed by atoms with E-state index in [9.17, 15) is 9.90 Å². The first-order chi connectivity index (χ1) is 14.3. The molecule has 1 aromatic carbocycles. The van der Waals surface area contributed by atoms with Crippen molar-refractivity contribution in [3.05, 3.63) is 71.0 Å². The topological polar surface area (TPSA) is 79.5 Å². The molecule has 4 aromatic rings. The van der Waals surface area contributed by atoms with Crippen molar-refractivity contribution in [2.75, 3.05) is 5.32 Å². The molecule has 0 aliphatic rings. The number of imidazole rings is 1. The van der Waals surface area contributed by atoms with Gasteiger partial charge in [0.2, 0.25) is 0 Å². The van der Waals surface area contributed by atoms with Gasteiger partial charge < -0.3 is 10.4 Å². The summed E-state index contributed by atoms with van der Waals surface area (Å²) in [7, 11) is 0. The van der Waals surface area contributed by atoms with Crippen LogP contribution in [0.2, 0.25) is 0 Å². The molecule has 0 unspecified atom stereocenters. The van der Waals surface area contributed by atoms with Crippen LogP contribution < -0.4 is 5.32 Å². The Bertz CT molecular complexity index is 1290. The summed E-state index contributed by atoms with van der Waals surface area (Å²) < 4.78 is 1.74. The number of rotatable bonds is 3. The van der Waals surface area contributed by atoms with Crippen LogP contribution in [-0.2, 0) is 0 Å². The van der Waals surface area contributed by atoms with Crippen LogP contribution in [0.3, 0.4) is 0 Å². The summed E-state index contributed by atoms with van der Waals surface area (Å²) in [6.45, 7) is 6.13. The van der Waals surface area contributed by atoms with E-state index in [0.717, 1.165) is 21.1 Å². The summed E-state index contributed by atoms with van der Waals surface area (Å²) in [6.07, 6.45) is 3.19. The Hall–Kier alpha value is -3.63. The lowest BCUT2D eigenvalue weighted by atomic mass is 10.1. The van der Waals surface area contributed by atoms with Crippen molar-refractivity contribution in [1.29, 1.82) is 0 Å². The van der Waals surface area contributed by atoms with E-state index < -0.39 is 5.97 Å². The number of aromatic nitrogens is 3. The molecular formula is C23H20N4O2S. The number of carboxylic acids is 1. The minimum absolute atomic E-state index is 0.0821. The lowest BCUT2D eigenvalue weighted by molar-refractivity contribution is 0.0692. The lowest BCUT2D eigenvalue weighted by Crippen LogP contribution is -2.27. The van der Waals surface area contributed by atoms with E-state index >= 15 is 0 Å². The van der Waals surface area contributed by atoms with E-state index in [1.807, 2.05) is 63.2 Å². The number of hydrogen-bond acceptors (Lipinski definition) is 5. The van der Waals surface area contributed by atoms with Crippen molar-refractivity contribution >= 4 is 28.8 Å². The van der Waals surface area contributed by atoms with Crippen molar-refractivity contribution in [2.24, 2.45) is 0 Å². The van der Waals surface area contributed by atoms with Crippen LogP contribution in [0.15, 0.2) is 54.9 Å². The van der Waals surface area contributed by atoms with Gasteiger partial charge in [0.25, 0.3) is 0 Å². The van der Waals surface area contributed by atoms with E-state index in [2.05, 4.69) is 27.1 Å². The van der Waals surface area contributed by atoms with E-state index in [4.69, 9.17) is 0 Å². The minimum atomic E-state index is -1.11. The second-order valence-electron chi connectivity index (χ2n) is 7.74. The van der Waals surface area contributed by atoms with E-state index in [1.165, 1.54) is 17.5 Å². The van der Waals surface area contributed by atoms with E-state index in [-0.39, 0.29) is 11.2 Å². The third kappa shape index (κ3) is 4.04. The third-order valence-corrected chi connectivity index (χ3v) is 5.19. The van der Waals surface area contributed by atoms with Crippen LogP contribution in [0.4, 0.5) is 5.82 Å². The maximum Gasteiger partial charge on any atom is 0.358 e. The Morgan fingerprint density at radius 3 is 2.60 bits per heavy atom. The van der Waals surface area contributed by atoms with Crippen LogP contribution in [0, 0.1) is 11.8 Å². The van der Waals surface area contributed by atoms with Crippen molar-refractivity contribution in [3.8, 4) is 22.4 Å². The largest absolute Gasteiger partial charge is 0.476 e. The Kier molecular flexibility index (Phi) is 5.02. The fourth-order valence-corrected chi connectivity index (χ4v) is 3.81. The summed E-state index contributed by atoms with van der Waals surface area (Å²) in [4.78, 5) is 22.1. The average Bonchev–Trinajstić information content (AvgIpc) is 3.30. The van der Waals surface area contributed by atoms with Crippen LogP contribution >= 0.6 is 11.3 Å². The Balaban J connectivity index is 1.81. The molecule has 0 amide bonds. The fourth-order valence-electron chi connectivity index (χ4n) is 2.96. The molecule has 7 heteroatoms. The molecule has 0 saturated carbocycles. The van der Waals surface area contributed by atoms with E-state index in [1.54, 1.807) is 10.6 Å². The smallest absolute Gasteiger partial charge is 0.358 e. The van der Waals surface area contributed by atoms with Gasteiger partial charge in [0.1, 0.15) is 11.5 Å². The van der Waals surface area contributed by atoms with Crippen molar-refractivity contribution in [2.45, 2.75) is 26.3 Å². The van der Waals surface area contributed by atoms with Gasteiger partial charge in [0.15, 0.2) is 11.3 Å². The number of anilines is 1. The zero-order chi connectivity index (χ0) is 21.3. The van der Waals surface area contributed by atoms with Gasteiger partial charge >= 0.3 is 5.97 Å². The second kappa shape index (κ2) is 7.65. The maximum atomic E-state index is 11.6. The van der Waals surface area contributed by atoms with Gasteiger partial charge in [-0.25, -0.2) is 14.8 Å². The molecule has 6 nitrogen and oxygen atoms in total. The van der Waals surface area contributed by atoms with Crippen LogP contribution in [0.25, 0.3) is 16.2 Å². The molecule has 150 valence electrons. The van der Waals surface area contributed by atoms with E-state index in [0.29, 0.717) is 11.3 Å². The molecular weight excluding hydrogens is 396 g/mol. The fraction of sp³-hybridized carbons (Fsp3) is 0.174. The SMILES string of the molecule is CC(C)(C)Nc1c(-c2ccc(C#Cc3ccccc3)s2)nc2c(C(=O)O)nccn12. The zero-order valence-electron chi connectivity index (χ0n) is 16.8. The first-order valence-corrected chi connectivity index (χ1v) is 10.2. The minimum Gasteiger partial charge on any atom is -0.476 e.